The number of hydrogen-bond acceptors (Lipinski definition) is 6. The number of amides is 1. The Labute approximate surface area is 172 Å². The number of oxazole rings is 1. The zero-order valence-corrected chi connectivity index (χ0v) is 17.1. The minimum Gasteiger partial charge on any atom is -0.497 e. The maximum atomic E-state index is 13.1. The van der Waals surface area contributed by atoms with E-state index in [1.54, 1.807) is 31.4 Å². The standard InChI is InChI=1S/C20H21N3O6S/c1-28-15-6-2-5-14(10-15)21-19(24)13-4-3-9-23(12-13)30(26,27)16-7-8-17-18(11-16)29-20(25)22-17/h2,5-8,10-11,13H,3-4,9,12H2,1H3,(H,21,24)(H,22,25)/t13-/m1/s1. The number of methoxy groups -OCH3 is 1. The van der Waals surface area contributed by atoms with E-state index in [1.807, 2.05) is 0 Å². The van der Waals surface area contributed by atoms with E-state index in [4.69, 9.17) is 9.15 Å². The second-order valence-corrected chi connectivity index (χ2v) is 9.03. The SMILES string of the molecule is COc1cccc(NC(=O)[C@@H]2CCCN(S(=O)(=O)c3ccc4[nH]c(=O)oc4c3)C2)c1. The predicted molar refractivity (Wildman–Crippen MR) is 110 cm³/mol. The number of carbonyl (C=O) groups is 1. The Morgan fingerprint density at radius 3 is 2.90 bits per heavy atom. The number of nitrogens with zero attached hydrogens (tertiary/aromatic N) is 1. The Morgan fingerprint density at radius 1 is 1.27 bits per heavy atom. The molecular weight excluding hydrogens is 410 g/mol. The summed E-state index contributed by atoms with van der Waals surface area (Å²) in [6.45, 7) is 0.396. The Hall–Kier alpha value is -3.11. The monoisotopic (exact) mass is 431 g/mol. The van der Waals surface area contributed by atoms with E-state index in [1.165, 1.54) is 22.5 Å². The minimum absolute atomic E-state index is 0.0200. The van der Waals surface area contributed by atoms with E-state index in [0.717, 1.165) is 0 Å². The molecule has 2 aromatic carbocycles. The highest BCUT2D eigenvalue weighted by atomic mass is 32.2. The maximum Gasteiger partial charge on any atom is 0.417 e. The van der Waals surface area contributed by atoms with Crippen molar-refractivity contribution in [3.8, 4) is 5.75 Å². The van der Waals surface area contributed by atoms with Gasteiger partial charge in [-0.05, 0) is 37.1 Å². The smallest absolute Gasteiger partial charge is 0.417 e. The molecule has 0 aliphatic carbocycles. The van der Waals surface area contributed by atoms with Gasteiger partial charge in [-0.25, -0.2) is 13.2 Å². The van der Waals surface area contributed by atoms with E-state index >= 15 is 0 Å². The van der Waals surface area contributed by atoms with Gasteiger partial charge in [0.2, 0.25) is 15.9 Å². The lowest BCUT2D eigenvalue weighted by molar-refractivity contribution is -0.120. The molecule has 4 rings (SSSR count). The summed E-state index contributed by atoms with van der Waals surface area (Å²) in [6.07, 6.45) is 1.16. The van der Waals surface area contributed by atoms with Gasteiger partial charge in [-0.15, -0.1) is 0 Å². The molecule has 1 fully saturated rings. The number of carbonyl (C=O) groups excluding carboxylic acids is 1. The first-order valence-corrected chi connectivity index (χ1v) is 10.9. The van der Waals surface area contributed by atoms with Crippen molar-refractivity contribution in [2.75, 3.05) is 25.5 Å². The van der Waals surface area contributed by atoms with Gasteiger partial charge in [0, 0.05) is 30.9 Å². The summed E-state index contributed by atoms with van der Waals surface area (Å²) in [6, 6.07) is 11.2. The number of ether oxygens (including phenoxy) is 1. The molecule has 0 radical (unpaired) electrons. The van der Waals surface area contributed by atoms with Gasteiger partial charge in [0.1, 0.15) is 5.75 Å². The Kier molecular flexibility index (Phi) is 5.35. The summed E-state index contributed by atoms with van der Waals surface area (Å²) in [4.78, 5) is 26.5. The van der Waals surface area contributed by atoms with Crippen molar-refractivity contribution in [2.45, 2.75) is 17.7 Å². The second kappa shape index (κ2) is 7.96. The third kappa shape index (κ3) is 3.96. The zero-order valence-electron chi connectivity index (χ0n) is 16.3. The van der Waals surface area contributed by atoms with Crippen molar-refractivity contribution in [1.82, 2.24) is 9.29 Å². The molecule has 0 spiro atoms. The number of H-pyrrole nitrogens is 1. The van der Waals surface area contributed by atoms with Crippen molar-refractivity contribution < 1.29 is 22.4 Å². The van der Waals surface area contributed by atoms with Crippen molar-refractivity contribution in [2.24, 2.45) is 5.92 Å². The molecule has 1 aromatic heterocycles. The third-order valence-corrected chi connectivity index (χ3v) is 6.98. The second-order valence-electron chi connectivity index (χ2n) is 7.10. The van der Waals surface area contributed by atoms with Crippen LogP contribution in [-0.4, -0.2) is 43.8 Å². The van der Waals surface area contributed by atoms with Crippen LogP contribution in [0.15, 0.2) is 56.6 Å². The molecule has 1 saturated heterocycles. The van der Waals surface area contributed by atoms with Gasteiger partial charge >= 0.3 is 5.76 Å². The van der Waals surface area contributed by atoms with Crippen molar-refractivity contribution in [3.05, 3.63) is 53.0 Å². The fourth-order valence-corrected chi connectivity index (χ4v) is 5.09. The Morgan fingerprint density at radius 2 is 2.10 bits per heavy atom. The molecular formula is C20H21N3O6S. The fourth-order valence-electron chi connectivity index (χ4n) is 3.56. The highest BCUT2D eigenvalue weighted by Crippen LogP contribution is 2.27. The molecule has 3 aromatic rings. The summed E-state index contributed by atoms with van der Waals surface area (Å²) in [5.41, 5.74) is 1.19. The topological polar surface area (TPSA) is 122 Å². The molecule has 9 nitrogen and oxygen atoms in total. The number of anilines is 1. The van der Waals surface area contributed by atoms with Gasteiger partial charge in [0.25, 0.3) is 0 Å². The minimum atomic E-state index is -3.84. The summed E-state index contributed by atoms with van der Waals surface area (Å²) in [5.74, 6) is -0.747. The number of benzene rings is 2. The highest BCUT2D eigenvalue weighted by molar-refractivity contribution is 7.89. The van der Waals surface area contributed by atoms with Gasteiger partial charge in [0.05, 0.1) is 23.4 Å². The number of aromatic nitrogens is 1. The highest BCUT2D eigenvalue weighted by Gasteiger charge is 2.33. The summed E-state index contributed by atoms with van der Waals surface area (Å²) < 4.78 is 37.6. The Balaban J connectivity index is 1.51. The molecule has 0 saturated carbocycles. The number of fused-ring (bicyclic) bond motifs is 1. The van der Waals surface area contributed by atoms with Gasteiger partial charge < -0.3 is 14.5 Å². The third-order valence-electron chi connectivity index (χ3n) is 5.12. The van der Waals surface area contributed by atoms with Crippen LogP contribution in [0.25, 0.3) is 11.1 Å². The molecule has 158 valence electrons. The first-order valence-electron chi connectivity index (χ1n) is 9.45. The molecule has 2 heterocycles. The fraction of sp³-hybridized carbons (Fsp3) is 0.300. The van der Waals surface area contributed by atoms with Crippen molar-refractivity contribution >= 4 is 32.7 Å². The summed E-state index contributed by atoms with van der Waals surface area (Å²) in [7, 11) is -2.29. The predicted octanol–water partition coefficient (Wildman–Crippen LogP) is 2.17. The van der Waals surface area contributed by atoms with Crippen molar-refractivity contribution in [3.63, 3.8) is 0 Å². The Bertz CT molecular complexity index is 1250. The van der Waals surface area contributed by atoms with Crippen LogP contribution in [0, 0.1) is 5.92 Å². The summed E-state index contributed by atoms with van der Waals surface area (Å²) >= 11 is 0. The quantitative estimate of drug-likeness (QED) is 0.639. The van der Waals surface area contributed by atoms with E-state index in [2.05, 4.69) is 10.3 Å². The lowest BCUT2D eigenvalue weighted by Gasteiger charge is -2.31. The van der Waals surface area contributed by atoms with Gasteiger partial charge in [-0.1, -0.05) is 6.07 Å². The number of hydrogen-bond donors (Lipinski definition) is 2. The average molecular weight is 431 g/mol. The first-order chi connectivity index (χ1) is 14.4. The van der Waals surface area contributed by atoms with Gasteiger partial charge in [-0.3, -0.25) is 9.78 Å². The molecule has 2 N–H and O–H groups in total. The number of aromatic amines is 1. The van der Waals surface area contributed by atoms with Crippen LogP contribution >= 0.6 is 0 Å². The van der Waals surface area contributed by atoms with E-state index in [-0.39, 0.29) is 22.9 Å². The van der Waals surface area contributed by atoms with Crippen LogP contribution < -0.4 is 15.8 Å². The lowest BCUT2D eigenvalue weighted by Crippen LogP contribution is -2.43. The average Bonchev–Trinajstić information content (AvgIpc) is 3.13. The van der Waals surface area contributed by atoms with Crippen LogP contribution in [0.3, 0.4) is 0 Å². The molecule has 1 atom stereocenters. The summed E-state index contributed by atoms with van der Waals surface area (Å²) in [5, 5.41) is 2.83. The van der Waals surface area contributed by atoms with Crippen LogP contribution in [0.4, 0.5) is 5.69 Å². The van der Waals surface area contributed by atoms with E-state index in [9.17, 15) is 18.0 Å². The number of piperidine rings is 1. The lowest BCUT2D eigenvalue weighted by atomic mass is 9.98. The molecule has 1 aliphatic rings. The van der Waals surface area contributed by atoms with E-state index < -0.39 is 21.7 Å². The maximum absolute atomic E-state index is 13.1. The number of sulfonamides is 1. The first kappa shape index (κ1) is 20.2. The van der Waals surface area contributed by atoms with Crippen molar-refractivity contribution in [1.29, 1.82) is 0 Å². The van der Waals surface area contributed by atoms with Crippen LogP contribution in [0.1, 0.15) is 12.8 Å². The molecule has 1 aliphatic heterocycles. The molecule has 0 unspecified atom stereocenters. The normalized spacial score (nSPS) is 17.7. The molecule has 0 bridgehead atoms. The van der Waals surface area contributed by atoms with E-state index in [0.29, 0.717) is 36.3 Å². The largest absolute Gasteiger partial charge is 0.497 e. The zero-order chi connectivity index (χ0) is 21.3. The van der Waals surface area contributed by atoms with Crippen LogP contribution in [0.2, 0.25) is 0 Å². The molecule has 30 heavy (non-hydrogen) atoms. The molecule has 10 heteroatoms. The van der Waals surface area contributed by atoms with Gasteiger partial charge in [0.15, 0.2) is 5.58 Å². The number of nitrogens with one attached hydrogen (secondary N) is 2. The van der Waals surface area contributed by atoms with Crippen LogP contribution in [0.5, 0.6) is 5.75 Å². The molecule has 1 amide bonds. The van der Waals surface area contributed by atoms with Gasteiger partial charge in [-0.2, -0.15) is 4.31 Å². The number of rotatable bonds is 5. The van der Waals surface area contributed by atoms with Crippen LogP contribution in [-0.2, 0) is 14.8 Å².